The smallest absolute Gasteiger partial charge is 0.323 e. The Morgan fingerprint density at radius 1 is 1.35 bits per heavy atom. The van der Waals surface area contributed by atoms with Crippen LogP contribution in [0.4, 0.5) is 11.9 Å². The summed E-state index contributed by atoms with van der Waals surface area (Å²) < 4.78 is 5.46. The van der Waals surface area contributed by atoms with Crippen molar-refractivity contribution < 1.29 is 4.74 Å². The largest absolute Gasteiger partial charge is 0.461 e. The highest BCUT2D eigenvalue weighted by Crippen LogP contribution is 2.30. The third kappa shape index (κ3) is 2.95. The molecule has 1 aromatic rings. The summed E-state index contributed by atoms with van der Waals surface area (Å²) in [5.41, 5.74) is 5.68. The number of hydrogen-bond donors (Lipinski definition) is 1. The summed E-state index contributed by atoms with van der Waals surface area (Å²) in [5, 5.41) is 0. The van der Waals surface area contributed by atoms with Crippen LogP contribution in [0.5, 0.6) is 6.01 Å². The minimum absolute atomic E-state index is 0.0284. The van der Waals surface area contributed by atoms with E-state index in [-0.39, 0.29) is 12.1 Å². The van der Waals surface area contributed by atoms with Crippen molar-refractivity contribution in [3.63, 3.8) is 0 Å². The van der Waals surface area contributed by atoms with E-state index in [4.69, 9.17) is 10.5 Å². The predicted molar refractivity (Wildman–Crippen MR) is 66.0 cm³/mol. The summed E-state index contributed by atoms with van der Waals surface area (Å²) in [4.78, 5) is 14.6. The molecule has 0 aromatic carbocycles. The van der Waals surface area contributed by atoms with Crippen LogP contribution in [0.1, 0.15) is 33.6 Å². The first-order chi connectivity index (χ1) is 8.10. The highest BCUT2D eigenvalue weighted by Gasteiger charge is 2.30. The van der Waals surface area contributed by atoms with Crippen molar-refractivity contribution in [1.29, 1.82) is 0 Å². The maximum absolute atomic E-state index is 5.68. The standard InChI is InChI=1S/C11H19N5O/c1-4-16(8-5-6-8)10-13-9(12)14-11(15-10)17-7(2)3/h7-8H,4-6H2,1-3H3,(H2,12,13,14,15). The van der Waals surface area contributed by atoms with Crippen molar-refractivity contribution >= 4 is 11.9 Å². The second-order valence-corrected chi connectivity index (χ2v) is 4.46. The Balaban J connectivity index is 2.23. The van der Waals surface area contributed by atoms with Crippen LogP contribution < -0.4 is 15.4 Å². The molecule has 0 radical (unpaired) electrons. The molecule has 0 saturated heterocycles. The highest BCUT2D eigenvalue weighted by atomic mass is 16.5. The van der Waals surface area contributed by atoms with E-state index in [9.17, 15) is 0 Å². The SMILES string of the molecule is CCN(c1nc(N)nc(OC(C)C)n1)C1CC1. The summed E-state index contributed by atoms with van der Waals surface area (Å²) in [6, 6.07) is 0.857. The molecule has 17 heavy (non-hydrogen) atoms. The fourth-order valence-electron chi connectivity index (χ4n) is 1.70. The number of rotatable bonds is 5. The van der Waals surface area contributed by atoms with Crippen molar-refractivity contribution in [1.82, 2.24) is 15.0 Å². The second kappa shape index (κ2) is 4.73. The van der Waals surface area contributed by atoms with Crippen molar-refractivity contribution in [3.8, 4) is 6.01 Å². The van der Waals surface area contributed by atoms with E-state index in [1.165, 1.54) is 12.8 Å². The molecule has 0 atom stereocenters. The minimum atomic E-state index is 0.0284. The third-order valence-corrected chi connectivity index (χ3v) is 2.55. The summed E-state index contributed by atoms with van der Waals surface area (Å²) in [6.07, 6.45) is 2.42. The maximum Gasteiger partial charge on any atom is 0.323 e. The zero-order chi connectivity index (χ0) is 12.4. The molecule has 0 spiro atoms. The lowest BCUT2D eigenvalue weighted by Crippen LogP contribution is -2.28. The molecule has 6 heteroatoms. The molecule has 1 fully saturated rings. The molecule has 94 valence electrons. The lowest BCUT2D eigenvalue weighted by molar-refractivity contribution is 0.222. The molecule has 0 unspecified atom stereocenters. The first-order valence-electron chi connectivity index (χ1n) is 6.05. The number of hydrogen-bond acceptors (Lipinski definition) is 6. The van der Waals surface area contributed by atoms with Gasteiger partial charge < -0.3 is 15.4 Å². The maximum atomic E-state index is 5.68. The van der Waals surface area contributed by atoms with Gasteiger partial charge in [0.1, 0.15) is 0 Å². The van der Waals surface area contributed by atoms with E-state index in [0.29, 0.717) is 18.0 Å². The van der Waals surface area contributed by atoms with Gasteiger partial charge in [-0.2, -0.15) is 15.0 Å². The molecule has 2 rings (SSSR count). The Bertz CT molecular complexity index is 391. The zero-order valence-electron chi connectivity index (χ0n) is 10.6. The van der Waals surface area contributed by atoms with Gasteiger partial charge in [0.15, 0.2) is 0 Å². The quantitative estimate of drug-likeness (QED) is 0.830. The van der Waals surface area contributed by atoms with Crippen molar-refractivity contribution in [3.05, 3.63) is 0 Å². The molecule has 0 bridgehead atoms. The van der Waals surface area contributed by atoms with Crippen LogP contribution in [-0.4, -0.2) is 33.6 Å². The van der Waals surface area contributed by atoms with E-state index in [1.54, 1.807) is 0 Å². The van der Waals surface area contributed by atoms with E-state index in [0.717, 1.165) is 6.54 Å². The summed E-state index contributed by atoms with van der Waals surface area (Å²) >= 11 is 0. The van der Waals surface area contributed by atoms with E-state index >= 15 is 0 Å². The molecule has 1 heterocycles. The fraction of sp³-hybridized carbons (Fsp3) is 0.727. The Kier molecular flexibility index (Phi) is 3.31. The van der Waals surface area contributed by atoms with Crippen molar-refractivity contribution in [2.24, 2.45) is 0 Å². The van der Waals surface area contributed by atoms with Gasteiger partial charge in [-0.15, -0.1) is 0 Å². The van der Waals surface area contributed by atoms with Gasteiger partial charge in [0.2, 0.25) is 11.9 Å². The molecule has 2 N–H and O–H groups in total. The van der Waals surface area contributed by atoms with Crippen molar-refractivity contribution in [2.45, 2.75) is 45.8 Å². The van der Waals surface area contributed by atoms with Crippen LogP contribution in [0.15, 0.2) is 0 Å². The number of ether oxygens (including phenoxy) is 1. The Morgan fingerprint density at radius 3 is 2.59 bits per heavy atom. The minimum Gasteiger partial charge on any atom is -0.461 e. The number of nitrogens with two attached hydrogens (primary N) is 1. The number of aromatic nitrogens is 3. The average Bonchev–Trinajstić information content (AvgIpc) is 3.01. The molecule has 1 saturated carbocycles. The predicted octanol–water partition coefficient (Wildman–Crippen LogP) is 1.23. The van der Waals surface area contributed by atoms with E-state index in [2.05, 4.69) is 26.8 Å². The number of nitrogens with zero attached hydrogens (tertiary/aromatic N) is 4. The topological polar surface area (TPSA) is 77.2 Å². The van der Waals surface area contributed by atoms with Crippen LogP contribution in [0.25, 0.3) is 0 Å². The highest BCUT2D eigenvalue weighted by molar-refractivity contribution is 5.38. The first-order valence-corrected chi connectivity index (χ1v) is 6.05. The molecular formula is C11H19N5O. The van der Waals surface area contributed by atoms with Crippen molar-refractivity contribution in [2.75, 3.05) is 17.2 Å². The van der Waals surface area contributed by atoms with Gasteiger partial charge in [0, 0.05) is 12.6 Å². The molecule has 1 aliphatic rings. The number of anilines is 2. The van der Waals surface area contributed by atoms with Gasteiger partial charge >= 0.3 is 6.01 Å². The van der Waals surface area contributed by atoms with Crippen LogP contribution in [-0.2, 0) is 0 Å². The molecule has 6 nitrogen and oxygen atoms in total. The fourth-order valence-corrected chi connectivity index (χ4v) is 1.70. The Hall–Kier alpha value is -1.59. The van der Waals surface area contributed by atoms with Crippen LogP contribution in [0.3, 0.4) is 0 Å². The van der Waals surface area contributed by atoms with E-state index < -0.39 is 0 Å². The molecule has 0 aliphatic heterocycles. The molecule has 0 amide bonds. The molecular weight excluding hydrogens is 218 g/mol. The van der Waals surface area contributed by atoms with E-state index in [1.807, 2.05) is 13.8 Å². The number of nitrogen functional groups attached to an aromatic ring is 1. The second-order valence-electron chi connectivity index (χ2n) is 4.46. The first kappa shape index (κ1) is 11.9. The van der Waals surface area contributed by atoms with Crippen LogP contribution >= 0.6 is 0 Å². The van der Waals surface area contributed by atoms with Crippen LogP contribution in [0, 0.1) is 0 Å². The average molecular weight is 237 g/mol. The Morgan fingerprint density at radius 2 is 2.06 bits per heavy atom. The lowest BCUT2D eigenvalue weighted by Gasteiger charge is -2.20. The van der Waals surface area contributed by atoms with Gasteiger partial charge in [-0.05, 0) is 33.6 Å². The van der Waals surface area contributed by atoms with Crippen LogP contribution in [0.2, 0.25) is 0 Å². The molecule has 1 aromatic heterocycles. The van der Waals surface area contributed by atoms with Gasteiger partial charge in [-0.25, -0.2) is 0 Å². The van der Waals surface area contributed by atoms with Gasteiger partial charge in [-0.1, -0.05) is 0 Å². The lowest BCUT2D eigenvalue weighted by atomic mass is 10.5. The molecule has 1 aliphatic carbocycles. The monoisotopic (exact) mass is 237 g/mol. The normalized spacial score (nSPS) is 15.1. The summed E-state index contributed by atoms with van der Waals surface area (Å²) in [7, 11) is 0. The summed E-state index contributed by atoms with van der Waals surface area (Å²) in [6.45, 7) is 6.81. The summed E-state index contributed by atoms with van der Waals surface area (Å²) in [5.74, 6) is 0.836. The Labute approximate surface area is 101 Å². The zero-order valence-corrected chi connectivity index (χ0v) is 10.6. The third-order valence-electron chi connectivity index (χ3n) is 2.55. The van der Waals surface area contributed by atoms with Gasteiger partial charge in [0.25, 0.3) is 0 Å². The van der Waals surface area contributed by atoms with Gasteiger partial charge in [0.05, 0.1) is 6.10 Å². The van der Waals surface area contributed by atoms with Gasteiger partial charge in [-0.3, -0.25) is 0 Å².